The van der Waals surface area contributed by atoms with Crippen LogP contribution in [0.25, 0.3) is 21.7 Å². The third kappa shape index (κ3) is 1.90. The number of rotatable bonds is 2. The molecule has 1 aromatic carbocycles. The third-order valence-corrected chi connectivity index (χ3v) is 3.88. The summed E-state index contributed by atoms with van der Waals surface area (Å²) in [5, 5.41) is 9.98. The summed E-state index contributed by atoms with van der Waals surface area (Å²) in [4.78, 5) is 20.7. The fourth-order valence-electron chi connectivity index (χ4n) is 2.02. The number of thiazole rings is 1. The average molecular weight is 273 g/mol. The van der Waals surface area contributed by atoms with Gasteiger partial charge in [0, 0.05) is 13.2 Å². The first-order valence-electron chi connectivity index (χ1n) is 5.69. The largest absolute Gasteiger partial charge is 0.478 e. The normalized spacial score (nSPS) is 11.1. The van der Waals surface area contributed by atoms with Crippen LogP contribution >= 0.6 is 11.3 Å². The van der Waals surface area contributed by atoms with Crippen molar-refractivity contribution in [1.29, 1.82) is 0 Å². The lowest BCUT2D eigenvalue weighted by molar-refractivity contribution is 0.0697. The van der Waals surface area contributed by atoms with Crippen molar-refractivity contribution in [3.8, 4) is 10.7 Å². The number of hydrogen-bond donors (Lipinski definition) is 1. The van der Waals surface area contributed by atoms with Gasteiger partial charge in [0.05, 0.1) is 26.5 Å². The number of carboxylic acids is 1. The zero-order chi connectivity index (χ0) is 13.6. The van der Waals surface area contributed by atoms with Crippen molar-refractivity contribution >= 4 is 28.3 Å². The third-order valence-electron chi connectivity index (χ3n) is 2.97. The summed E-state index contributed by atoms with van der Waals surface area (Å²) in [5.41, 5.74) is 1.84. The van der Waals surface area contributed by atoms with E-state index < -0.39 is 5.97 Å². The molecule has 3 aromatic rings. The van der Waals surface area contributed by atoms with Crippen LogP contribution in [-0.4, -0.2) is 25.6 Å². The molecule has 0 fully saturated rings. The standard InChI is InChI=1S/C13H11N3O2S/c1-7-14-6-11(19-7)12-15-9-5-8(13(17)18)3-4-10(9)16(12)2/h3-6H,1-2H3,(H,17,18). The number of aromatic carboxylic acids is 1. The number of hydrogen-bond acceptors (Lipinski definition) is 4. The second kappa shape index (κ2) is 4.17. The zero-order valence-corrected chi connectivity index (χ0v) is 11.2. The van der Waals surface area contributed by atoms with Crippen LogP contribution in [0.4, 0.5) is 0 Å². The van der Waals surface area contributed by atoms with E-state index in [9.17, 15) is 4.79 Å². The number of nitrogens with zero attached hydrogens (tertiary/aromatic N) is 3. The van der Waals surface area contributed by atoms with Crippen molar-refractivity contribution in [3.05, 3.63) is 35.0 Å². The van der Waals surface area contributed by atoms with Gasteiger partial charge in [-0.05, 0) is 25.1 Å². The van der Waals surface area contributed by atoms with Crippen LogP contribution in [0.2, 0.25) is 0 Å². The van der Waals surface area contributed by atoms with Crippen LogP contribution in [0.15, 0.2) is 24.4 Å². The molecule has 0 saturated carbocycles. The number of carboxylic acid groups (broad SMARTS) is 1. The minimum atomic E-state index is -0.942. The monoisotopic (exact) mass is 273 g/mol. The molecule has 0 radical (unpaired) electrons. The number of carbonyl (C=O) groups is 1. The maximum atomic E-state index is 11.0. The molecular formula is C13H11N3O2S. The SMILES string of the molecule is Cc1ncc(-c2nc3cc(C(=O)O)ccc3n2C)s1. The van der Waals surface area contributed by atoms with E-state index in [1.807, 2.05) is 18.5 Å². The number of benzene rings is 1. The van der Waals surface area contributed by atoms with Gasteiger partial charge in [0.25, 0.3) is 0 Å². The van der Waals surface area contributed by atoms with Crippen molar-refractivity contribution in [1.82, 2.24) is 14.5 Å². The molecular weight excluding hydrogens is 262 g/mol. The van der Waals surface area contributed by atoms with E-state index in [0.29, 0.717) is 5.52 Å². The zero-order valence-electron chi connectivity index (χ0n) is 10.4. The molecule has 0 unspecified atom stereocenters. The fourth-order valence-corrected chi connectivity index (χ4v) is 2.82. The number of aromatic nitrogens is 3. The highest BCUT2D eigenvalue weighted by Crippen LogP contribution is 2.28. The second-order valence-corrected chi connectivity index (χ2v) is 5.48. The number of aryl methyl sites for hydroxylation is 2. The highest BCUT2D eigenvalue weighted by atomic mass is 32.1. The highest BCUT2D eigenvalue weighted by Gasteiger charge is 2.13. The van der Waals surface area contributed by atoms with E-state index in [1.54, 1.807) is 35.7 Å². The van der Waals surface area contributed by atoms with Gasteiger partial charge in [0.1, 0.15) is 0 Å². The summed E-state index contributed by atoms with van der Waals surface area (Å²) in [6.45, 7) is 1.94. The Kier molecular flexibility index (Phi) is 2.60. The first kappa shape index (κ1) is 11.9. The van der Waals surface area contributed by atoms with Gasteiger partial charge in [0.2, 0.25) is 0 Å². The molecule has 0 aliphatic rings. The van der Waals surface area contributed by atoms with E-state index in [1.165, 1.54) is 0 Å². The Morgan fingerprint density at radius 3 is 2.84 bits per heavy atom. The summed E-state index contributed by atoms with van der Waals surface area (Å²) >= 11 is 1.57. The van der Waals surface area contributed by atoms with Gasteiger partial charge >= 0.3 is 5.97 Å². The first-order chi connectivity index (χ1) is 9.06. The van der Waals surface area contributed by atoms with E-state index in [-0.39, 0.29) is 5.56 Å². The minimum absolute atomic E-state index is 0.248. The summed E-state index contributed by atoms with van der Waals surface area (Å²) in [7, 11) is 1.92. The number of imidazole rings is 1. The van der Waals surface area contributed by atoms with Crippen LogP contribution in [-0.2, 0) is 7.05 Å². The van der Waals surface area contributed by atoms with Gasteiger partial charge in [-0.3, -0.25) is 0 Å². The molecule has 6 heteroatoms. The Morgan fingerprint density at radius 2 is 2.21 bits per heavy atom. The van der Waals surface area contributed by atoms with Gasteiger partial charge in [-0.1, -0.05) is 0 Å². The molecule has 2 aromatic heterocycles. The van der Waals surface area contributed by atoms with Crippen LogP contribution in [0, 0.1) is 6.92 Å². The molecule has 5 nitrogen and oxygen atoms in total. The molecule has 0 saturated heterocycles. The van der Waals surface area contributed by atoms with Crippen molar-refractivity contribution in [2.24, 2.45) is 7.05 Å². The first-order valence-corrected chi connectivity index (χ1v) is 6.50. The van der Waals surface area contributed by atoms with Gasteiger partial charge in [-0.15, -0.1) is 11.3 Å². The van der Waals surface area contributed by atoms with E-state index in [2.05, 4.69) is 9.97 Å². The molecule has 19 heavy (non-hydrogen) atoms. The fraction of sp³-hybridized carbons (Fsp3) is 0.154. The molecule has 0 aliphatic heterocycles. The molecule has 0 bridgehead atoms. The van der Waals surface area contributed by atoms with Gasteiger partial charge in [-0.25, -0.2) is 14.8 Å². The van der Waals surface area contributed by atoms with Crippen molar-refractivity contribution in [2.75, 3.05) is 0 Å². The van der Waals surface area contributed by atoms with Crippen molar-refractivity contribution in [2.45, 2.75) is 6.92 Å². The Bertz CT molecular complexity index is 788. The van der Waals surface area contributed by atoms with Crippen LogP contribution < -0.4 is 0 Å². The molecule has 96 valence electrons. The molecule has 3 rings (SSSR count). The summed E-state index contributed by atoms with van der Waals surface area (Å²) in [6.07, 6.45) is 1.79. The molecule has 2 heterocycles. The lowest BCUT2D eigenvalue weighted by Crippen LogP contribution is -1.95. The molecule has 1 N–H and O–H groups in total. The smallest absolute Gasteiger partial charge is 0.335 e. The minimum Gasteiger partial charge on any atom is -0.478 e. The second-order valence-electron chi connectivity index (χ2n) is 4.25. The maximum Gasteiger partial charge on any atom is 0.335 e. The quantitative estimate of drug-likeness (QED) is 0.779. The lowest BCUT2D eigenvalue weighted by atomic mass is 10.2. The Labute approximate surface area is 113 Å². The lowest BCUT2D eigenvalue weighted by Gasteiger charge is -1.98. The van der Waals surface area contributed by atoms with Crippen LogP contribution in [0.3, 0.4) is 0 Å². The van der Waals surface area contributed by atoms with E-state index in [4.69, 9.17) is 5.11 Å². The Balaban J connectivity index is 2.22. The summed E-state index contributed by atoms with van der Waals surface area (Å²) < 4.78 is 1.95. The van der Waals surface area contributed by atoms with Gasteiger partial charge in [0.15, 0.2) is 5.82 Å². The van der Waals surface area contributed by atoms with Crippen LogP contribution in [0.5, 0.6) is 0 Å². The van der Waals surface area contributed by atoms with Crippen LogP contribution in [0.1, 0.15) is 15.4 Å². The van der Waals surface area contributed by atoms with Crippen molar-refractivity contribution < 1.29 is 9.90 Å². The van der Waals surface area contributed by atoms with E-state index >= 15 is 0 Å². The topological polar surface area (TPSA) is 68.0 Å². The molecule has 0 spiro atoms. The highest BCUT2D eigenvalue weighted by molar-refractivity contribution is 7.15. The van der Waals surface area contributed by atoms with Crippen molar-refractivity contribution in [3.63, 3.8) is 0 Å². The van der Waals surface area contributed by atoms with Gasteiger partial charge in [-0.2, -0.15) is 0 Å². The van der Waals surface area contributed by atoms with Gasteiger partial charge < -0.3 is 9.67 Å². The Morgan fingerprint density at radius 1 is 1.42 bits per heavy atom. The summed E-state index contributed by atoms with van der Waals surface area (Å²) in [5.74, 6) is -0.133. The molecule has 0 atom stereocenters. The maximum absolute atomic E-state index is 11.0. The Hall–Kier alpha value is -2.21. The molecule has 0 aliphatic carbocycles. The van der Waals surface area contributed by atoms with E-state index in [0.717, 1.165) is 21.2 Å². The predicted octanol–water partition coefficient (Wildman–Crippen LogP) is 2.70. The predicted molar refractivity (Wildman–Crippen MR) is 73.5 cm³/mol. The number of fused-ring (bicyclic) bond motifs is 1. The average Bonchev–Trinajstić information content (AvgIpc) is 2.93. The summed E-state index contributed by atoms with van der Waals surface area (Å²) in [6, 6.07) is 4.96. The molecule has 0 amide bonds.